The molecule has 1 heterocycles. The average Bonchev–Trinajstić information content (AvgIpc) is 3.11. The number of aliphatic imine (C=N–C) groups is 1. The topological polar surface area (TPSA) is 70.7 Å². The molecule has 0 aromatic heterocycles. The fraction of sp³-hybridized carbons (Fsp3) is 0.846. The number of amides is 1. The van der Waals surface area contributed by atoms with Crippen LogP contribution in [-0.4, -0.2) is 41.9 Å². The van der Waals surface area contributed by atoms with Crippen LogP contribution in [0.15, 0.2) is 4.99 Å². The molecule has 2 fully saturated rings. The third-order valence-electron chi connectivity index (χ3n) is 3.75. The minimum Gasteiger partial charge on any atom is -0.370 e. The van der Waals surface area contributed by atoms with Crippen molar-refractivity contribution in [1.82, 2.24) is 10.2 Å². The number of carbonyl (C=O) groups excluding carboxylic acids is 1. The summed E-state index contributed by atoms with van der Waals surface area (Å²) in [5.41, 5.74) is 5.81. The smallest absolute Gasteiger partial charge is 0.223 e. The second-order valence-corrected chi connectivity index (χ2v) is 5.53. The highest BCUT2D eigenvalue weighted by atomic mass is 16.2. The first kappa shape index (κ1) is 13.2. The number of likely N-dealkylation sites (tertiary alicyclic amines) is 1. The van der Waals surface area contributed by atoms with Crippen LogP contribution >= 0.6 is 0 Å². The number of guanidine groups is 1. The summed E-state index contributed by atoms with van der Waals surface area (Å²) in [6.45, 7) is 5.71. The molecular weight excluding hydrogens is 228 g/mol. The van der Waals surface area contributed by atoms with E-state index in [1.807, 2.05) is 4.90 Å². The second kappa shape index (κ2) is 5.59. The molecule has 0 spiro atoms. The molecule has 2 atom stereocenters. The van der Waals surface area contributed by atoms with Crippen LogP contribution in [0.2, 0.25) is 0 Å². The molecule has 5 heteroatoms. The first-order valence-corrected chi connectivity index (χ1v) is 6.96. The summed E-state index contributed by atoms with van der Waals surface area (Å²) in [6.07, 6.45) is 4.02. The third kappa shape index (κ3) is 3.37. The average molecular weight is 252 g/mol. The zero-order chi connectivity index (χ0) is 13.1. The molecule has 1 aliphatic heterocycles. The number of nitrogens with two attached hydrogens (primary N) is 1. The summed E-state index contributed by atoms with van der Waals surface area (Å²) in [6, 6.07) is 0.879. The Morgan fingerprint density at radius 3 is 2.94 bits per heavy atom. The van der Waals surface area contributed by atoms with Crippen molar-refractivity contribution in [2.75, 3.05) is 13.1 Å². The number of nitrogens with one attached hydrogen (secondary N) is 1. The maximum absolute atomic E-state index is 11.8. The van der Waals surface area contributed by atoms with E-state index in [4.69, 9.17) is 5.73 Å². The number of carbonyl (C=O) groups is 1. The molecule has 2 aliphatic rings. The maximum Gasteiger partial charge on any atom is 0.223 e. The van der Waals surface area contributed by atoms with Crippen LogP contribution in [0.4, 0.5) is 0 Å². The predicted molar refractivity (Wildman–Crippen MR) is 72.2 cm³/mol. The fourth-order valence-corrected chi connectivity index (χ4v) is 2.30. The molecule has 0 bridgehead atoms. The van der Waals surface area contributed by atoms with E-state index in [1.165, 1.54) is 12.8 Å². The van der Waals surface area contributed by atoms with Crippen LogP contribution < -0.4 is 11.1 Å². The van der Waals surface area contributed by atoms with Gasteiger partial charge in [-0.25, -0.2) is 0 Å². The van der Waals surface area contributed by atoms with E-state index in [0.717, 1.165) is 13.0 Å². The highest BCUT2D eigenvalue weighted by Crippen LogP contribution is 2.32. The zero-order valence-electron chi connectivity index (χ0n) is 11.4. The van der Waals surface area contributed by atoms with Gasteiger partial charge in [0.1, 0.15) is 0 Å². The van der Waals surface area contributed by atoms with E-state index in [1.54, 1.807) is 0 Å². The quantitative estimate of drug-likeness (QED) is 0.559. The van der Waals surface area contributed by atoms with Crippen molar-refractivity contribution in [2.45, 2.75) is 51.6 Å². The van der Waals surface area contributed by atoms with Crippen molar-refractivity contribution < 1.29 is 4.79 Å². The molecule has 1 aliphatic carbocycles. The van der Waals surface area contributed by atoms with Crippen LogP contribution in [0.5, 0.6) is 0 Å². The number of rotatable bonds is 5. The fourth-order valence-electron chi connectivity index (χ4n) is 2.30. The molecule has 2 unspecified atom stereocenters. The van der Waals surface area contributed by atoms with Crippen molar-refractivity contribution >= 4 is 11.9 Å². The summed E-state index contributed by atoms with van der Waals surface area (Å²) in [5.74, 6) is 1.14. The lowest BCUT2D eigenvalue weighted by molar-refractivity contribution is -0.128. The van der Waals surface area contributed by atoms with Crippen LogP contribution in [-0.2, 0) is 4.79 Å². The standard InChI is InChI=1S/C13H24N4O/c1-3-9(2)16-13(14)15-7-10-6-12(18)17(8-10)11-4-5-11/h9-11H,3-8H2,1-2H3,(H3,14,15,16). The molecule has 0 aromatic rings. The van der Waals surface area contributed by atoms with E-state index < -0.39 is 0 Å². The largest absolute Gasteiger partial charge is 0.370 e. The highest BCUT2D eigenvalue weighted by Gasteiger charge is 2.38. The molecule has 18 heavy (non-hydrogen) atoms. The minimum absolute atomic E-state index is 0.297. The summed E-state index contributed by atoms with van der Waals surface area (Å²) in [5, 5.41) is 3.14. The van der Waals surface area contributed by atoms with Crippen LogP contribution in [0.1, 0.15) is 39.5 Å². The van der Waals surface area contributed by atoms with E-state index in [0.29, 0.717) is 42.8 Å². The van der Waals surface area contributed by atoms with Gasteiger partial charge in [-0.1, -0.05) is 6.92 Å². The molecule has 5 nitrogen and oxygen atoms in total. The van der Waals surface area contributed by atoms with Crippen LogP contribution in [0, 0.1) is 5.92 Å². The maximum atomic E-state index is 11.8. The van der Waals surface area contributed by atoms with Gasteiger partial charge in [0, 0.05) is 37.5 Å². The Hall–Kier alpha value is -1.26. The van der Waals surface area contributed by atoms with Crippen molar-refractivity contribution in [3.8, 4) is 0 Å². The van der Waals surface area contributed by atoms with E-state index in [-0.39, 0.29) is 0 Å². The lowest BCUT2D eigenvalue weighted by Crippen LogP contribution is -2.38. The van der Waals surface area contributed by atoms with Crippen LogP contribution in [0.3, 0.4) is 0 Å². The number of nitrogens with zero attached hydrogens (tertiary/aromatic N) is 2. The summed E-state index contributed by atoms with van der Waals surface area (Å²) < 4.78 is 0. The van der Waals surface area contributed by atoms with Crippen molar-refractivity contribution in [3.63, 3.8) is 0 Å². The Morgan fingerprint density at radius 2 is 2.33 bits per heavy atom. The predicted octanol–water partition coefficient (Wildman–Crippen LogP) is 0.700. The normalized spacial score (nSPS) is 26.6. The Balaban J connectivity index is 1.76. The monoisotopic (exact) mass is 252 g/mol. The summed E-state index contributed by atoms with van der Waals surface area (Å²) in [7, 11) is 0. The van der Waals surface area contributed by atoms with Crippen molar-refractivity contribution in [2.24, 2.45) is 16.6 Å². The molecule has 0 aromatic carbocycles. The van der Waals surface area contributed by atoms with Crippen molar-refractivity contribution in [3.05, 3.63) is 0 Å². The van der Waals surface area contributed by atoms with Gasteiger partial charge >= 0.3 is 0 Å². The highest BCUT2D eigenvalue weighted by molar-refractivity contribution is 5.80. The summed E-state index contributed by atoms with van der Waals surface area (Å²) in [4.78, 5) is 18.1. The van der Waals surface area contributed by atoms with Gasteiger partial charge in [0.15, 0.2) is 5.96 Å². The molecule has 0 radical (unpaired) electrons. The Kier molecular flexibility index (Phi) is 4.09. The molecular formula is C13H24N4O. The lowest BCUT2D eigenvalue weighted by atomic mass is 10.1. The van der Waals surface area contributed by atoms with E-state index in [9.17, 15) is 4.79 Å². The van der Waals surface area contributed by atoms with Crippen molar-refractivity contribution in [1.29, 1.82) is 0 Å². The molecule has 102 valence electrons. The van der Waals surface area contributed by atoms with Gasteiger partial charge in [0.25, 0.3) is 0 Å². The van der Waals surface area contributed by atoms with Gasteiger partial charge in [-0.15, -0.1) is 0 Å². The first-order valence-electron chi connectivity index (χ1n) is 6.96. The zero-order valence-corrected chi connectivity index (χ0v) is 11.4. The molecule has 1 amide bonds. The third-order valence-corrected chi connectivity index (χ3v) is 3.75. The van der Waals surface area contributed by atoms with Gasteiger partial charge in [0.05, 0.1) is 0 Å². The second-order valence-electron chi connectivity index (χ2n) is 5.53. The van der Waals surface area contributed by atoms with Gasteiger partial charge in [-0.3, -0.25) is 9.79 Å². The number of hydrogen-bond donors (Lipinski definition) is 2. The van der Waals surface area contributed by atoms with Gasteiger partial charge in [-0.05, 0) is 26.2 Å². The van der Waals surface area contributed by atoms with Gasteiger partial charge in [-0.2, -0.15) is 0 Å². The van der Waals surface area contributed by atoms with E-state index >= 15 is 0 Å². The molecule has 3 N–H and O–H groups in total. The van der Waals surface area contributed by atoms with E-state index in [2.05, 4.69) is 24.2 Å². The summed E-state index contributed by atoms with van der Waals surface area (Å²) >= 11 is 0. The Bertz CT molecular complexity index is 338. The van der Waals surface area contributed by atoms with Crippen LogP contribution in [0.25, 0.3) is 0 Å². The van der Waals surface area contributed by atoms with Gasteiger partial charge < -0.3 is 16.0 Å². The first-order chi connectivity index (χ1) is 8.60. The Labute approximate surface area is 109 Å². The SMILES string of the molecule is CCC(C)NC(N)=NCC1CC(=O)N(C2CC2)C1. The number of hydrogen-bond acceptors (Lipinski definition) is 2. The molecule has 2 rings (SSSR count). The minimum atomic E-state index is 0.297. The molecule has 1 saturated heterocycles. The lowest BCUT2D eigenvalue weighted by Gasteiger charge is -2.15. The Morgan fingerprint density at radius 1 is 1.61 bits per heavy atom. The molecule has 1 saturated carbocycles. The van der Waals surface area contributed by atoms with Gasteiger partial charge in [0.2, 0.25) is 5.91 Å².